The molecule has 488 valence electrons. The first kappa shape index (κ1) is 77.1. The van der Waals surface area contributed by atoms with Gasteiger partial charge in [-0.3, -0.25) is 91.1 Å². The van der Waals surface area contributed by atoms with E-state index in [0.717, 1.165) is 0 Å². The summed E-state index contributed by atoms with van der Waals surface area (Å²) in [6.45, 7) is 2.41. The predicted molar refractivity (Wildman–Crippen MR) is 277 cm³/mol. The van der Waals surface area contributed by atoms with Crippen LogP contribution < -0.4 is 58.5 Å². The van der Waals surface area contributed by atoms with Crippen LogP contribution in [-0.4, -0.2) is 259 Å². The average molecular weight is 1270 g/mol. The summed E-state index contributed by atoms with van der Waals surface area (Å²) in [5, 5.41) is 105. The largest absolute Gasteiger partial charge is 0.481 e. The van der Waals surface area contributed by atoms with Crippen LogP contribution in [0.1, 0.15) is 58.3 Å². The highest BCUT2D eigenvalue weighted by Crippen LogP contribution is 2.07. The van der Waals surface area contributed by atoms with E-state index in [1.165, 1.54) is 6.92 Å². The summed E-state index contributed by atoms with van der Waals surface area (Å²) < 4.78 is 10.3. The number of rotatable bonds is 45. The van der Waals surface area contributed by atoms with E-state index in [4.69, 9.17) is 14.6 Å². The zero-order chi connectivity index (χ0) is 67.5. The van der Waals surface area contributed by atoms with Crippen LogP contribution in [0.5, 0.6) is 0 Å². The molecule has 0 saturated carbocycles. The standard InChI is InChI=1S/C46H63N11O31/c1-18(2)38(77)49-16-28(59)48-15-27(58)47-3-4-87-5-6-88-17-29(60)50-19(7-30(61)62)39(78)51-20(8-31(63)64)40(79)52-21(9-32(65)66)41(80)53-22(10-33(67)68)42(81)54-23(11-34(69)70)43(82)55-24(12-35(71)72)44(83)56-25(13-36(73)74)45(84)57-26(46(85)86)14-37(75)76/h19-26H,1,3-17H2,2H3,(H,47,58)(H,48,59)(H,49,77)(H,50,60)(H,51,78)(H,52,79)(H,53,80)(H,54,81)(H,55,82)(H,56,83)(H,57,84)(H,61,62)(H,63,64)(H,65,66)(H,67,68)(H,69,70)(H,71,72)(H,73,74)(H,75,76)(H,85,86). The number of carboxylic acid groups (broad SMARTS) is 9. The Morgan fingerprint density at radius 3 is 0.852 bits per heavy atom. The lowest BCUT2D eigenvalue weighted by Gasteiger charge is -2.26. The predicted octanol–water partition coefficient (Wildman–Crippen LogP) is -10.3. The van der Waals surface area contributed by atoms with Crippen LogP contribution in [0.2, 0.25) is 0 Å². The molecule has 0 aliphatic rings. The highest BCUT2D eigenvalue weighted by molar-refractivity contribution is 6.02. The lowest BCUT2D eigenvalue weighted by Crippen LogP contribution is -2.61. The minimum Gasteiger partial charge on any atom is -0.481 e. The number of carbonyl (C=O) groups excluding carboxylic acids is 11. The average Bonchev–Trinajstić information content (AvgIpc) is 3.55. The zero-order valence-corrected chi connectivity index (χ0v) is 45.9. The summed E-state index contributed by atoms with van der Waals surface area (Å²) in [5.41, 5.74) is 0.158. The van der Waals surface area contributed by atoms with E-state index in [0.29, 0.717) is 0 Å². The second-order valence-corrected chi connectivity index (χ2v) is 17.9. The second-order valence-electron chi connectivity index (χ2n) is 17.9. The van der Waals surface area contributed by atoms with Gasteiger partial charge in [0.2, 0.25) is 65.0 Å². The molecule has 0 aromatic heterocycles. The molecule has 0 bridgehead atoms. The van der Waals surface area contributed by atoms with Gasteiger partial charge in [-0.2, -0.15) is 0 Å². The third kappa shape index (κ3) is 34.0. The van der Waals surface area contributed by atoms with E-state index >= 15 is 0 Å². The van der Waals surface area contributed by atoms with Gasteiger partial charge in [-0.1, -0.05) is 6.58 Å². The van der Waals surface area contributed by atoms with E-state index in [-0.39, 0.29) is 31.9 Å². The van der Waals surface area contributed by atoms with Gasteiger partial charge in [-0.25, -0.2) is 4.79 Å². The van der Waals surface area contributed by atoms with Crippen molar-refractivity contribution in [3.63, 3.8) is 0 Å². The van der Waals surface area contributed by atoms with Crippen LogP contribution in [0.4, 0.5) is 0 Å². The van der Waals surface area contributed by atoms with Crippen molar-refractivity contribution in [1.29, 1.82) is 0 Å². The Morgan fingerprint density at radius 2 is 0.568 bits per heavy atom. The number of carboxylic acids is 9. The number of carbonyl (C=O) groups is 20. The Balaban J connectivity index is 6.22. The lowest BCUT2D eigenvalue weighted by molar-refractivity contribution is -0.148. The monoisotopic (exact) mass is 1270 g/mol. The van der Waals surface area contributed by atoms with Crippen molar-refractivity contribution in [2.24, 2.45) is 0 Å². The van der Waals surface area contributed by atoms with E-state index in [2.05, 4.69) is 22.5 Å². The number of ether oxygens (including phenoxy) is 2. The number of hydrogen-bond donors (Lipinski definition) is 20. The molecule has 0 heterocycles. The lowest BCUT2D eigenvalue weighted by atomic mass is 10.1. The Hall–Kier alpha value is -10.9. The summed E-state index contributed by atoms with van der Waals surface area (Å²) in [7, 11) is 0. The van der Waals surface area contributed by atoms with Gasteiger partial charge >= 0.3 is 53.7 Å². The van der Waals surface area contributed by atoms with Crippen molar-refractivity contribution >= 4 is 119 Å². The summed E-state index contributed by atoms with van der Waals surface area (Å²) in [6.07, 6.45) is -11.3. The molecule has 20 N–H and O–H groups in total. The molecular formula is C46H63N11O31. The van der Waals surface area contributed by atoms with Gasteiger partial charge in [0.15, 0.2) is 0 Å². The molecule has 42 heteroatoms. The third-order valence-electron chi connectivity index (χ3n) is 10.5. The van der Waals surface area contributed by atoms with Crippen LogP contribution in [0.3, 0.4) is 0 Å². The SMILES string of the molecule is C=C(C)C(=O)NCC(=O)NCC(=O)NCCOCCOCC(=O)NC(CC(=O)O)C(=O)NC(CC(=O)O)C(=O)NC(CC(=O)O)C(=O)NC(CC(=O)O)C(=O)NC(CC(=O)O)C(=O)NC(CC(=O)O)C(=O)NC(CC(=O)O)C(=O)NC(CC(=O)O)C(=O)O. The minimum absolute atomic E-state index is 0.0635. The Morgan fingerprint density at radius 1 is 0.318 bits per heavy atom. The second kappa shape index (κ2) is 39.6. The molecule has 0 fully saturated rings. The van der Waals surface area contributed by atoms with Crippen LogP contribution in [0.25, 0.3) is 0 Å². The first-order valence-corrected chi connectivity index (χ1v) is 24.9. The number of aliphatic carboxylic acids is 9. The topological polar surface area (TPSA) is 674 Å². The Kier molecular flexibility index (Phi) is 34.7. The first-order chi connectivity index (χ1) is 40.9. The van der Waals surface area contributed by atoms with Crippen LogP contribution >= 0.6 is 0 Å². The fraction of sp³-hybridized carbons (Fsp3) is 0.522. The molecule has 8 atom stereocenters. The summed E-state index contributed by atoms with van der Waals surface area (Å²) in [5.74, 6) is -32.2. The molecule has 0 radical (unpaired) electrons. The maximum atomic E-state index is 13.5. The van der Waals surface area contributed by atoms with E-state index < -0.39 is 238 Å². The summed E-state index contributed by atoms with van der Waals surface area (Å²) >= 11 is 0. The van der Waals surface area contributed by atoms with Crippen molar-refractivity contribution in [3.8, 4) is 0 Å². The highest BCUT2D eigenvalue weighted by Gasteiger charge is 2.38. The van der Waals surface area contributed by atoms with Crippen molar-refractivity contribution in [2.75, 3.05) is 46.1 Å². The van der Waals surface area contributed by atoms with Crippen molar-refractivity contribution in [3.05, 3.63) is 12.2 Å². The van der Waals surface area contributed by atoms with E-state index in [1.807, 2.05) is 5.32 Å². The molecule has 0 aromatic rings. The summed E-state index contributed by atoms with van der Waals surface area (Å²) in [4.78, 5) is 246. The van der Waals surface area contributed by atoms with Gasteiger partial charge in [0.1, 0.15) is 54.9 Å². The van der Waals surface area contributed by atoms with Gasteiger partial charge in [0.05, 0.1) is 84.3 Å². The fourth-order valence-electron chi connectivity index (χ4n) is 6.47. The maximum Gasteiger partial charge on any atom is 0.326 e. The normalized spacial score (nSPS) is 13.2. The van der Waals surface area contributed by atoms with Crippen LogP contribution in [0.15, 0.2) is 12.2 Å². The molecule has 8 unspecified atom stereocenters. The van der Waals surface area contributed by atoms with Gasteiger partial charge in [-0.15, -0.1) is 0 Å². The summed E-state index contributed by atoms with van der Waals surface area (Å²) in [6, 6.07) is -19.0. The van der Waals surface area contributed by atoms with E-state index in [1.54, 1.807) is 37.2 Å². The van der Waals surface area contributed by atoms with Crippen molar-refractivity contribution < 1.29 is 151 Å². The third-order valence-corrected chi connectivity index (χ3v) is 10.5. The zero-order valence-electron chi connectivity index (χ0n) is 45.9. The number of hydrogen-bond acceptors (Lipinski definition) is 22. The van der Waals surface area contributed by atoms with Crippen LogP contribution in [0, 0.1) is 0 Å². The minimum atomic E-state index is -2.51. The van der Waals surface area contributed by atoms with Gasteiger partial charge in [0, 0.05) is 12.1 Å². The molecule has 0 aromatic carbocycles. The van der Waals surface area contributed by atoms with Gasteiger partial charge in [-0.05, 0) is 6.92 Å². The quantitative estimate of drug-likeness (QED) is 0.0199. The van der Waals surface area contributed by atoms with Crippen molar-refractivity contribution in [2.45, 2.75) is 107 Å². The maximum absolute atomic E-state index is 13.5. The molecule has 11 amide bonds. The van der Waals surface area contributed by atoms with Crippen molar-refractivity contribution in [1.82, 2.24) is 58.5 Å². The van der Waals surface area contributed by atoms with Crippen LogP contribution in [-0.2, 0) is 105 Å². The molecule has 0 rings (SSSR count). The fourth-order valence-corrected chi connectivity index (χ4v) is 6.47. The number of amides is 11. The highest BCUT2D eigenvalue weighted by atomic mass is 16.5. The molecule has 42 nitrogen and oxygen atoms in total. The molecule has 0 aliphatic heterocycles. The van der Waals surface area contributed by atoms with E-state index in [9.17, 15) is 137 Å². The first-order valence-electron chi connectivity index (χ1n) is 24.9. The Bertz CT molecular complexity index is 2700. The molecular weight excluding hydrogens is 1200 g/mol. The molecule has 88 heavy (non-hydrogen) atoms. The molecule has 0 aliphatic carbocycles. The Labute approximate surface area is 492 Å². The number of nitrogens with one attached hydrogen (secondary N) is 11. The van der Waals surface area contributed by atoms with Gasteiger partial charge in [0.25, 0.3) is 0 Å². The smallest absolute Gasteiger partial charge is 0.326 e. The van der Waals surface area contributed by atoms with Gasteiger partial charge < -0.3 is 114 Å². The molecule has 0 saturated heterocycles. The molecule has 0 spiro atoms.